The molecule has 0 fully saturated rings. The van der Waals surface area contributed by atoms with Gasteiger partial charge in [-0.3, -0.25) is 19.5 Å². The zero-order valence-electron chi connectivity index (χ0n) is 15.5. The average Bonchev–Trinajstić information content (AvgIpc) is 3.16. The van der Waals surface area contributed by atoms with Crippen LogP contribution in [-0.2, 0) is 11.2 Å². The number of H-pyrrole nitrogens is 1. The summed E-state index contributed by atoms with van der Waals surface area (Å²) in [5, 5.41) is 12.3. The van der Waals surface area contributed by atoms with Crippen LogP contribution in [0.4, 0.5) is 11.4 Å². The number of nitrogens with one attached hydrogen (secondary N) is 3. The van der Waals surface area contributed by atoms with Crippen LogP contribution in [0, 0.1) is 0 Å². The highest BCUT2D eigenvalue weighted by Crippen LogP contribution is 2.26. The predicted molar refractivity (Wildman–Crippen MR) is 116 cm³/mol. The Morgan fingerprint density at radius 3 is 2.33 bits per heavy atom. The van der Waals surface area contributed by atoms with E-state index in [-0.39, 0.29) is 39.4 Å². The first-order valence-electron chi connectivity index (χ1n) is 8.73. The maximum Gasteiger partial charge on any atom is 0.276 e. The molecule has 0 radical (unpaired) electrons. The minimum Gasteiger partial charge on any atom is -0.322 e. The molecule has 3 N–H and O–H groups in total. The molecular formula is C21H16Cl2N4O3. The zero-order valence-corrected chi connectivity index (χ0v) is 17.1. The van der Waals surface area contributed by atoms with Gasteiger partial charge < -0.3 is 10.6 Å². The Labute approximate surface area is 182 Å². The molecule has 0 bridgehead atoms. The van der Waals surface area contributed by atoms with Crippen LogP contribution >= 0.6 is 23.2 Å². The number of halogens is 2. The van der Waals surface area contributed by atoms with Crippen molar-refractivity contribution in [2.75, 3.05) is 10.6 Å². The molecule has 7 nitrogen and oxygen atoms in total. The molecule has 3 rings (SSSR count). The van der Waals surface area contributed by atoms with Crippen molar-refractivity contribution in [3.63, 3.8) is 0 Å². The van der Waals surface area contributed by atoms with Crippen LogP contribution in [-0.4, -0.2) is 27.8 Å². The molecule has 2 amide bonds. The summed E-state index contributed by atoms with van der Waals surface area (Å²) in [6.45, 7) is 3.39. The number of carbonyl (C=O) groups excluding carboxylic acids is 3. The third-order valence-corrected chi connectivity index (χ3v) is 4.73. The van der Waals surface area contributed by atoms with Crippen LogP contribution in [0.1, 0.15) is 26.4 Å². The molecule has 0 spiro atoms. The lowest BCUT2D eigenvalue weighted by Crippen LogP contribution is -2.16. The number of hydrogen-bond donors (Lipinski definition) is 3. The quantitative estimate of drug-likeness (QED) is 0.369. The summed E-state index contributed by atoms with van der Waals surface area (Å²) < 4.78 is 0. The Morgan fingerprint density at radius 1 is 1.03 bits per heavy atom. The molecular weight excluding hydrogens is 427 g/mol. The van der Waals surface area contributed by atoms with Crippen molar-refractivity contribution in [1.82, 2.24) is 10.2 Å². The number of benzene rings is 2. The third kappa shape index (κ3) is 4.94. The number of Topliss-reactive ketones (excluding diaryl/α,β-unsaturated/α-hetero) is 1. The molecule has 1 aromatic heterocycles. The van der Waals surface area contributed by atoms with E-state index < -0.39 is 5.91 Å². The summed E-state index contributed by atoms with van der Waals surface area (Å²) in [6.07, 6.45) is 2.50. The molecule has 0 unspecified atom stereocenters. The number of anilines is 2. The van der Waals surface area contributed by atoms with Gasteiger partial charge in [0.05, 0.1) is 15.6 Å². The van der Waals surface area contributed by atoms with Crippen molar-refractivity contribution in [3.8, 4) is 0 Å². The van der Waals surface area contributed by atoms with Gasteiger partial charge in [-0.2, -0.15) is 5.10 Å². The lowest BCUT2D eigenvalue weighted by molar-refractivity contribution is -0.111. The maximum atomic E-state index is 12.7. The molecule has 0 saturated heterocycles. The number of aromatic nitrogens is 2. The number of amides is 2. The largest absolute Gasteiger partial charge is 0.322 e. The molecule has 9 heteroatoms. The van der Waals surface area contributed by atoms with Gasteiger partial charge in [-0.15, -0.1) is 0 Å². The summed E-state index contributed by atoms with van der Waals surface area (Å²) >= 11 is 12.2. The zero-order chi connectivity index (χ0) is 21.7. The van der Waals surface area contributed by atoms with Gasteiger partial charge in [-0.1, -0.05) is 41.9 Å². The van der Waals surface area contributed by atoms with E-state index in [4.69, 9.17) is 23.2 Å². The summed E-state index contributed by atoms with van der Waals surface area (Å²) in [5.74, 6) is -1.23. The molecule has 2 aromatic carbocycles. The molecule has 30 heavy (non-hydrogen) atoms. The van der Waals surface area contributed by atoms with Gasteiger partial charge >= 0.3 is 0 Å². The molecule has 0 atom stereocenters. The number of carbonyl (C=O) groups is 3. The molecule has 1 heterocycles. The second-order valence-electron chi connectivity index (χ2n) is 6.18. The van der Waals surface area contributed by atoms with Gasteiger partial charge in [0.1, 0.15) is 0 Å². The fraction of sp³-hybridized carbons (Fsp3) is 0.0476. The first-order valence-corrected chi connectivity index (χ1v) is 9.49. The van der Waals surface area contributed by atoms with Crippen LogP contribution in [0.15, 0.2) is 61.3 Å². The minimum atomic E-state index is -0.517. The van der Waals surface area contributed by atoms with E-state index in [2.05, 4.69) is 27.4 Å². The Morgan fingerprint density at radius 2 is 1.67 bits per heavy atom. The molecule has 3 aromatic rings. The summed E-state index contributed by atoms with van der Waals surface area (Å²) in [7, 11) is 0. The van der Waals surface area contributed by atoms with Crippen LogP contribution in [0.25, 0.3) is 0 Å². The number of hydrogen-bond acceptors (Lipinski definition) is 4. The Balaban J connectivity index is 1.76. The van der Waals surface area contributed by atoms with Gasteiger partial charge in [0.2, 0.25) is 5.91 Å². The monoisotopic (exact) mass is 442 g/mol. The molecule has 152 valence electrons. The highest BCUT2D eigenvalue weighted by atomic mass is 35.5. The highest BCUT2D eigenvalue weighted by molar-refractivity contribution is 6.39. The van der Waals surface area contributed by atoms with Crippen LogP contribution in [0.2, 0.25) is 10.0 Å². The molecule has 0 saturated carbocycles. The Kier molecular flexibility index (Phi) is 6.66. The van der Waals surface area contributed by atoms with Crippen LogP contribution in [0.3, 0.4) is 0 Å². The number of nitrogens with zero attached hydrogens (tertiary/aromatic N) is 1. The van der Waals surface area contributed by atoms with Crippen molar-refractivity contribution in [1.29, 1.82) is 0 Å². The smallest absolute Gasteiger partial charge is 0.276 e. The van der Waals surface area contributed by atoms with E-state index in [1.807, 2.05) is 0 Å². The van der Waals surface area contributed by atoms with E-state index in [9.17, 15) is 14.4 Å². The maximum absolute atomic E-state index is 12.7. The number of aromatic amines is 1. The lowest BCUT2D eigenvalue weighted by atomic mass is 10.0. The first kappa shape index (κ1) is 21.3. The molecule has 0 aliphatic heterocycles. The fourth-order valence-corrected chi connectivity index (χ4v) is 3.34. The van der Waals surface area contributed by atoms with Gasteiger partial charge in [-0.05, 0) is 36.4 Å². The van der Waals surface area contributed by atoms with Crippen molar-refractivity contribution in [2.24, 2.45) is 0 Å². The standard InChI is InChI=1S/C21H16Cl2N4O3/c1-2-18(29)25-13-5-3-6-14(10-13)26-21(30)20-12(11-24-27-20)9-17(28)19-15(22)7-4-8-16(19)23/h2-8,10-11H,1,9H2,(H,24,27)(H,25,29)(H,26,30). The van der Waals surface area contributed by atoms with Crippen molar-refractivity contribution in [3.05, 3.63) is 88.2 Å². The summed E-state index contributed by atoms with van der Waals surface area (Å²) in [6, 6.07) is 11.4. The predicted octanol–water partition coefficient (Wildman–Crippen LogP) is 4.52. The van der Waals surface area contributed by atoms with E-state index in [1.165, 1.54) is 6.20 Å². The van der Waals surface area contributed by atoms with E-state index in [0.29, 0.717) is 16.9 Å². The lowest BCUT2D eigenvalue weighted by Gasteiger charge is -2.08. The van der Waals surface area contributed by atoms with Gasteiger partial charge in [0, 0.05) is 29.6 Å². The summed E-state index contributed by atoms with van der Waals surface area (Å²) in [5.41, 5.74) is 1.58. The Bertz CT molecular complexity index is 1120. The van der Waals surface area contributed by atoms with E-state index in [0.717, 1.165) is 6.08 Å². The minimum absolute atomic E-state index is 0.0621. The van der Waals surface area contributed by atoms with Crippen molar-refractivity contribution < 1.29 is 14.4 Å². The van der Waals surface area contributed by atoms with E-state index in [1.54, 1.807) is 42.5 Å². The first-order chi connectivity index (χ1) is 14.4. The second-order valence-corrected chi connectivity index (χ2v) is 7.00. The molecule has 0 aliphatic carbocycles. The van der Waals surface area contributed by atoms with Crippen LogP contribution < -0.4 is 10.6 Å². The van der Waals surface area contributed by atoms with Gasteiger partial charge in [0.15, 0.2) is 11.5 Å². The molecule has 0 aliphatic rings. The number of rotatable bonds is 7. The normalized spacial score (nSPS) is 10.3. The second kappa shape index (κ2) is 9.39. The van der Waals surface area contributed by atoms with E-state index >= 15 is 0 Å². The Hall–Kier alpha value is -3.42. The average molecular weight is 443 g/mol. The van der Waals surface area contributed by atoms with Gasteiger partial charge in [0.25, 0.3) is 5.91 Å². The van der Waals surface area contributed by atoms with Crippen molar-refractivity contribution >= 4 is 52.2 Å². The van der Waals surface area contributed by atoms with Crippen LogP contribution in [0.5, 0.6) is 0 Å². The summed E-state index contributed by atoms with van der Waals surface area (Å²) in [4.78, 5) is 36.8. The highest BCUT2D eigenvalue weighted by Gasteiger charge is 2.21. The van der Waals surface area contributed by atoms with Crippen molar-refractivity contribution in [2.45, 2.75) is 6.42 Å². The van der Waals surface area contributed by atoms with Gasteiger partial charge in [-0.25, -0.2) is 0 Å². The number of ketones is 1. The topological polar surface area (TPSA) is 104 Å². The SMILES string of the molecule is C=CC(=O)Nc1cccc(NC(=O)c2n[nH]cc2CC(=O)c2c(Cl)cccc2Cl)c1. The third-order valence-electron chi connectivity index (χ3n) is 4.10. The fourth-order valence-electron chi connectivity index (χ4n) is 2.73.